The number of aliphatic hydroxyl groups excluding tert-OH is 1. The number of aliphatic hydroxyl groups is 1. The first kappa shape index (κ1) is 11.1. The molecule has 0 heterocycles. The van der Waals surface area contributed by atoms with Crippen molar-refractivity contribution in [3.8, 4) is 0 Å². The van der Waals surface area contributed by atoms with Crippen molar-refractivity contribution in [3.05, 3.63) is 35.9 Å². The number of hydrogen-bond donors (Lipinski definition) is 2. The average molecular weight is 201 g/mol. The van der Waals surface area contributed by atoms with E-state index in [0.29, 0.717) is 0 Å². The standard InChI is InChI=1S/C10H13F2NO/c11-10(12,6-9(14)7-13)8-4-2-1-3-5-8/h1-5,9,14H,6-7,13H2. The lowest BCUT2D eigenvalue weighted by Gasteiger charge is -2.19. The van der Waals surface area contributed by atoms with Crippen molar-refractivity contribution in [2.75, 3.05) is 6.54 Å². The monoisotopic (exact) mass is 201 g/mol. The Labute approximate surface area is 81.4 Å². The van der Waals surface area contributed by atoms with Crippen molar-refractivity contribution in [1.82, 2.24) is 0 Å². The molecule has 78 valence electrons. The van der Waals surface area contributed by atoms with Gasteiger partial charge in [-0.15, -0.1) is 0 Å². The van der Waals surface area contributed by atoms with Crippen LogP contribution in [0.1, 0.15) is 12.0 Å². The highest BCUT2D eigenvalue weighted by Gasteiger charge is 2.33. The first-order chi connectivity index (χ1) is 6.56. The highest BCUT2D eigenvalue weighted by Crippen LogP contribution is 2.32. The highest BCUT2D eigenvalue weighted by molar-refractivity contribution is 5.19. The van der Waals surface area contributed by atoms with Gasteiger partial charge >= 0.3 is 0 Å². The second-order valence-electron chi connectivity index (χ2n) is 3.16. The topological polar surface area (TPSA) is 46.2 Å². The number of hydrogen-bond acceptors (Lipinski definition) is 2. The van der Waals surface area contributed by atoms with Gasteiger partial charge in [0.25, 0.3) is 5.92 Å². The van der Waals surface area contributed by atoms with Crippen LogP contribution in [0.25, 0.3) is 0 Å². The Bertz CT molecular complexity index is 277. The Morgan fingerprint density at radius 1 is 1.29 bits per heavy atom. The van der Waals surface area contributed by atoms with Crippen molar-refractivity contribution in [2.45, 2.75) is 18.4 Å². The van der Waals surface area contributed by atoms with Crippen LogP contribution in [0, 0.1) is 0 Å². The maximum absolute atomic E-state index is 13.4. The van der Waals surface area contributed by atoms with E-state index in [2.05, 4.69) is 0 Å². The van der Waals surface area contributed by atoms with E-state index in [0.717, 1.165) is 0 Å². The molecule has 1 aromatic rings. The molecule has 1 atom stereocenters. The van der Waals surface area contributed by atoms with Gasteiger partial charge in [-0.05, 0) is 0 Å². The fraction of sp³-hybridized carbons (Fsp3) is 0.400. The van der Waals surface area contributed by atoms with Crippen LogP contribution in [-0.2, 0) is 5.92 Å². The Balaban J connectivity index is 2.75. The molecular weight excluding hydrogens is 188 g/mol. The van der Waals surface area contributed by atoms with Crippen LogP contribution < -0.4 is 5.73 Å². The first-order valence-corrected chi connectivity index (χ1v) is 4.38. The lowest BCUT2D eigenvalue weighted by atomic mass is 10.0. The second kappa shape index (κ2) is 4.48. The lowest BCUT2D eigenvalue weighted by Crippen LogP contribution is -2.27. The molecule has 4 heteroatoms. The summed E-state index contributed by atoms with van der Waals surface area (Å²) in [5.74, 6) is -3.01. The van der Waals surface area contributed by atoms with E-state index in [9.17, 15) is 8.78 Å². The number of alkyl halides is 2. The molecule has 0 aliphatic heterocycles. The first-order valence-electron chi connectivity index (χ1n) is 4.38. The summed E-state index contributed by atoms with van der Waals surface area (Å²) in [7, 11) is 0. The quantitative estimate of drug-likeness (QED) is 0.775. The van der Waals surface area contributed by atoms with E-state index >= 15 is 0 Å². The average Bonchev–Trinajstić information content (AvgIpc) is 2.18. The van der Waals surface area contributed by atoms with Gasteiger partial charge in [0.05, 0.1) is 6.10 Å². The molecule has 0 fully saturated rings. The third-order valence-corrected chi connectivity index (χ3v) is 1.96. The van der Waals surface area contributed by atoms with Crippen LogP contribution in [0.4, 0.5) is 8.78 Å². The SMILES string of the molecule is NCC(O)CC(F)(F)c1ccccc1. The van der Waals surface area contributed by atoms with Crippen LogP contribution in [0.15, 0.2) is 30.3 Å². The van der Waals surface area contributed by atoms with Crippen molar-refractivity contribution in [2.24, 2.45) is 5.73 Å². The van der Waals surface area contributed by atoms with E-state index in [1.807, 2.05) is 0 Å². The zero-order valence-corrected chi connectivity index (χ0v) is 7.66. The van der Waals surface area contributed by atoms with E-state index in [1.54, 1.807) is 6.07 Å². The summed E-state index contributed by atoms with van der Waals surface area (Å²) in [6.07, 6.45) is -1.79. The minimum absolute atomic E-state index is 0.0903. The minimum Gasteiger partial charge on any atom is -0.392 e. The molecule has 1 rings (SSSR count). The van der Waals surface area contributed by atoms with Gasteiger partial charge in [0, 0.05) is 18.5 Å². The molecule has 0 aromatic heterocycles. The van der Waals surface area contributed by atoms with Crippen LogP contribution in [0.3, 0.4) is 0 Å². The zero-order valence-electron chi connectivity index (χ0n) is 7.66. The molecular formula is C10H13F2NO. The molecule has 0 amide bonds. The number of halogens is 2. The maximum Gasteiger partial charge on any atom is 0.275 e. The summed E-state index contributed by atoms with van der Waals surface area (Å²) in [4.78, 5) is 0. The van der Waals surface area contributed by atoms with Gasteiger partial charge in [0.15, 0.2) is 0 Å². The molecule has 0 spiro atoms. The summed E-state index contributed by atoms with van der Waals surface area (Å²) < 4.78 is 26.8. The predicted octanol–water partition coefficient (Wildman–Crippen LogP) is 1.49. The molecule has 0 aliphatic carbocycles. The number of nitrogens with two attached hydrogens (primary N) is 1. The molecule has 0 bridgehead atoms. The maximum atomic E-state index is 13.4. The smallest absolute Gasteiger partial charge is 0.275 e. The molecule has 14 heavy (non-hydrogen) atoms. The summed E-state index contributed by atoms with van der Waals surface area (Å²) in [5, 5.41) is 9.05. The van der Waals surface area contributed by atoms with Crippen molar-refractivity contribution >= 4 is 0 Å². The number of rotatable bonds is 4. The Kier molecular flexibility index (Phi) is 3.55. The Morgan fingerprint density at radius 3 is 2.36 bits per heavy atom. The van der Waals surface area contributed by atoms with Crippen LogP contribution in [0.5, 0.6) is 0 Å². The van der Waals surface area contributed by atoms with Gasteiger partial charge in [-0.1, -0.05) is 30.3 Å². The largest absolute Gasteiger partial charge is 0.392 e. The molecule has 0 aliphatic rings. The van der Waals surface area contributed by atoms with Crippen LogP contribution in [-0.4, -0.2) is 17.8 Å². The van der Waals surface area contributed by atoms with Gasteiger partial charge < -0.3 is 10.8 Å². The van der Waals surface area contributed by atoms with E-state index in [1.165, 1.54) is 24.3 Å². The molecule has 2 nitrogen and oxygen atoms in total. The summed E-state index contributed by atoms with van der Waals surface area (Å²) in [6, 6.07) is 7.42. The Morgan fingerprint density at radius 2 is 1.86 bits per heavy atom. The van der Waals surface area contributed by atoms with Gasteiger partial charge in [-0.3, -0.25) is 0 Å². The second-order valence-corrected chi connectivity index (χ2v) is 3.16. The van der Waals surface area contributed by atoms with Gasteiger partial charge in [-0.25, -0.2) is 8.78 Å². The third kappa shape index (κ3) is 2.75. The van der Waals surface area contributed by atoms with Crippen LogP contribution in [0.2, 0.25) is 0 Å². The Hall–Kier alpha value is -1.00. The van der Waals surface area contributed by atoms with Crippen molar-refractivity contribution in [1.29, 1.82) is 0 Å². The van der Waals surface area contributed by atoms with E-state index in [-0.39, 0.29) is 12.1 Å². The molecule has 0 radical (unpaired) electrons. The predicted molar refractivity (Wildman–Crippen MR) is 50.0 cm³/mol. The molecule has 0 saturated heterocycles. The summed E-state index contributed by atoms with van der Waals surface area (Å²) in [6.45, 7) is -0.150. The lowest BCUT2D eigenvalue weighted by molar-refractivity contribution is -0.0477. The van der Waals surface area contributed by atoms with Gasteiger partial charge in [0.2, 0.25) is 0 Å². The molecule has 1 unspecified atom stereocenters. The molecule has 3 N–H and O–H groups in total. The minimum atomic E-state index is -3.01. The molecule has 1 aromatic carbocycles. The van der Waals surface area contributed by atoms with E-state index < -0.39 is 18.4 Å². The number of benzene rings is 1. The normalized spacial score (nSPS) is 14.0. The summed E-state index contributed by atoms with van der Waals surface area (Å²) >= 11 is 0. The highest BCUT2D eigenvalue weighted by atomic mass is 19.3. The van der Waals surface area contributed by atoms with Gasteiger partial charge in [0.1, 0.15) is 0 Å². The fourth-order valence-corrected chi connectivity index (χ4v) is 1.18. The van der Waals surface area contributed by atoms with Crippen LogP contribution >= 0.6 is 0 Å². The van der Waals surface area contributed by atoms with E-state index in [4.69, 9.17) is 10.8 Å². The zero-order chi connectivity index (χ0) is 10.6. The van der Waals surface area contributed by atoms with Gasteiger partial charge in [-0.2, -0.15) is 0 Å². The fourth-order valence-electron chi connectivity index (χ4n) is 1.18. The summed E-state index contributed by atoms with van der Waals surface area (Å²) in [5.41, 5.74) is 4.98. The van der Waals surface area contributed by atoms with Crippen molar-refractivity contribution in [3.63, 3.8) is 0 Å². The van der Waals surface area contributed by atoms with Crippen molar-refractivity contribution < 1.29 is 13.9 Å². The third-order valence-electron chi connectivity index (χ3n) is 1.96. The molecule has 0 saturated carbocycles.